The average Bonchev–Trinajstić information content (AvgIpc) is 3.32. The Balaban J connectivity index is 1.40. The molecule has 1 saturated carbocycles. The molecule has 0 heterocycles. The summed E-state index contributed by atoms with van der Waals surface area (Å²) in [5.41, 5.74) is 2.10. The number of hydrogen-bond acceptors (Lipinski definition) is 6. The summed E-state index contributed by atoms with van der Waals surface area (Å²) in [4.78, 5) is 20.6. The molecule has 0 aromatic heterocycles. The molecule has 0 spiro atoms. The lowest BCUT2D eigenvalue weighted by molar-refractivity contribution is -0.393. The van der Waals surface area contributed by atoms with Crippen LogP contribution in [0.5, 0.6) is 0 Å². The molecule has 4 rings (SSSR count). The number of hydrazone groups is 1. The molecule has 1 aromatic rings. The van der Waals surface area contributed by atoms with Crippen molar-refractivity contribution in [2.24, 2.45) is 34.7 Å². The third-order valence-electron chi connectivity index (χ3n) is 5.70. The minimum Gasteiger partial charge on any atom is -0.272 e. The fraction of sp³-hybridized carbons (Fsp3) is 0.389. The number of allylic oxidation sites excluding steroid dienone is 4. The minimum atomic E-state index is -0.660. The highest BCUT2D eigenvalue weighted by molar-refractivity contribution is 5.67. The Morgan fingerprint density at radius 3 is 2.69 bits per heavy atom. The molecule has 3 aliphatic rings. The van der Waals surface area contributed by atoms with Crippen molar-refractivity contribution in [2.75, 3.05) is 5.43 Å². The van der Waals surface area contributed by atoms with Gasteiger partial charge in [0.1, 0.15) is 5.69 Å². The molecule has 2 bridgehead atoms. The van der Waals surface area contributed by atoms with Crippen molar-refractivity contribution in [1.29, 1.82) is 0 Å². The van der Waals surface area contributed by atoms with E-state index >= 15 is 0 Å². The fourth-order valence-electron chi connectivity index (χ4n) is 4.58. The average molecular weight is 354 g/mol. The number of nitrogens with zero attached hydrogens (tertiary/aromatic N) is 3. The van der Waals surface area contributed by atoms with Crippen molar-refractivity contribution >= 4 is 23.3 Å². The maximum absolute atomic E-state index is 11.1. The number of nitro benzene ring substituents is 2. The number of benzene rings is 1. The van der Waals surface area contributed by atoms with Crippen LogP contribution in [0.1, 0.15) is 12.8 Å². The molecule has 0 unspecified atom stereocenters. The molecule has 0 saturated heterocycles. The van der Waals surface area contributed by atoms with Gasteiger partial charge >= 0.3 is 5.69 Å². The van der Waals surface area contributed by atoms with Crippen LogP contribution in [0.2, 0.25) is 0 Å². The van der Waals surface area contributed by atoms with E-state index in [4.69, 9.17) is 0 Å². The number of rotatable bonds is 6. The number of fused-ring (bicyclic) bond motifs is 5. The van der Waals surface area contributed by atoms with E-state index in [1.165, 1.54) is 18.6 Å². The quantitative estimate of drug-likeness (QED) is 0.360. The van der Waals surface area contributed by atoms with Crippen molar-refractivity contribution in [3.63, 3.8) is 0 Å². The van der Waals surface area contributed by atoms with Gasteiger partial charge in [0, 0.05) is 12.3 Å². The molecule has 3 aliphatic carbocycles. The summed E-state index contributed by atoms with van der Waals surface area (Å²) in [5.74, 6) is 3.07. The molecule has 8 heteroatoms. The molecule has 8 nitrogen and oxygen atoms in total. The Morgan fingerprint density at radius 1 is 1.12 bits per heavy atom. The Kier molecular flexibility index (Phi) is 4.02. The van der Waals surface area contributed by atoms with Crippen LogP contribution < -0.4 is 5.43 Å². The van der Waals surface area contributed by atoms with E-state index in [2.05, 4.69) is 34.8 Å². The van der Waals surface area contributed by atoms with Crippen LogP contribution in [0, 0.1) is 49.8 Å². The zero-order valence-corrected chi connectivity index (χ0v) is 13.9. The van der Waals surface area contributed by atoms with Crippen molar-refractivity contribution < 1.29 is 9.85 Å². The molecule has 0 radical (unpaired) electrons. The van der Waals surface area contributed by atoms with E-state index in [0.29, 0.717) is 29.6 Å². The van der Waals surface area contributed by atoms with Crippen LogP contribution in [0.25, 0.3) is 0 Å². The summed E-state index contributed by atoms with van der Waals surface area (Å²) in [6, 6.07) is 3.46. The fourth-order valence-corrected chi connectivity index (χ4v) is 4.58. The first-order valence-corrected chi connectivity index (χ1v) is 8.61. The molecule has 1 aromatic carbocycles. The van der Waals surface area contributed by atoms with Gasteiger partial charge in [-0.15, -0.1) is 0 Å². The van der Waals surface area contributed by atoms with Crippen LogP contribution in [0.15, 0.2) is 47.6 Å². The number of hydrogen-bond donors (Lipinski definition) is 1. The Bertz CT molecular complexity index is 848. The highest BCUT2D eigenvalue weighted by atomic mass is 16.6. The van der Waals surface area contributed by atoms with Crippen molar-refractivity contribution in [3.8, 4) is 0 Å². The highest BCUT2D eigenvalue weighted by Gasteiger charge is 2.48. The van der Waals surface area contributed by atoms with Gasteiger partial charge in [-0.2, -0.15) is 5.10 Å². The first kappa shape index (κ1) is 16.4. The van der Waals surface area contributed by atoms with Crippen LogP contribution in [0.4, 0.5) is 17.1 Å². The standard InChI is InChI=1S/C18H18N4O4/c23-21(24)14-4-6-16(17(10-14)22(25)26)20-19-8-7-11-3-5-15-12-1-2-13(9-12)18(11)15/h1-6,8,10-13,15,18,20H,7,9H2/b19-8+/t11-,12+,13-,15-,18+/m1/s1. The summed E-state index contributed by atoms with van der Waals surface area (Å²) in [7, 11) is 0. The maximum Gasteiger partial charge on any atom is 0.301 e. The molecule has 134 valence electrons. The highest BCUT2D eigenvalue weighted by Crippen LogP contribution is 2.55. The molecular formula is C18H18N4O4. The summed E-state index contributed by atoms with van der Waals surface area (Å²) in [5, 5.41) is 26.0. The zero-order chi connectivity index (χ0) is 18.3. The second kappa shape index (κ2) is 6.36. The van der Waals surface area contributed by atoms with E-state index in [9.17, 15) is 20.2 Å². The number of anilines is 1. The van der Waals surface area contributed by atoms with Gasteiger partial charge in [0.2, 0.25) is 0 Å². The molecule has 0 aliphatic heterocycles. The monoisotopic (exact) mass is 354 g/mol. The van der Waals surface area contributed by atoms with Gasteiger partial charge in [0.15, 0.2) is 0 Å². The first-order chi connectivity index (χ1) is 12.5. The lowest BCUT2D eigenvalue weighted by atomic mass is 9.79. The molecule has 26 heavy (non-hydrogen) atoms. The second-order valence-corrected chi connectivity index (χ2v) is 7.03. The number of nitro groups is 2. The van der Waals surface area contributed by atoms with E-state index in [1.54, 1.807) is 6.21 Å². The van der Waals surface area contributed by atoms with Gasteiger partial charge < -0.3 is 0 Å². The van der Waals surface area contributed by atoms with Crippen LogP contribution in [-0.2, 0) is 0 Å². The first-order valence-electron chi connectivity index (χ1n) is 8.61. The smallest absolute Gasteiger partial charge is 0.272 e. The van der Waals surface area contributed by atoms with Crippen molar-refractivity contribution in [3.05, 3.63) is 62.7 Å². The number of non-ortho nitro benzene ring substituents is 1. The summed E-state index contributed by atoms with van der Waals surface area (Å²) >= 11 is 0. The molecule has 0 amide bonds. The lowest BCUT2D eigenvalue weighted by Crippen LogP contribution is -2.20. The summed E-state index contributed by atoms with van der Waals surface area (Å²) in [6.07, 6.45) is 13.0. The molecule has 5 atom stereocenters. The molecule has 1 N–H and O–H groups in total. The van der Waals surface area contributed by atoms with Gasteiger partial charge in [-0.25, -0.2) is 0 Å². The zero-order valence-electron chi connectivity index (χ0n) is 13.9. The lowest BCUT2D eigenvalue weighted by Gasteiger charge is -2.25. The summed E-state index contributed by atoms with van der Waals surface area (Å²) in [6.45, 7) is 0. The largest absolute Gasteiger partial charge is 0.301 e. The predicted octanol–water partition coefficient (Wildman–Crippen LogP) is 3.92. The predicted molar refractivity (Wildman–Crippen MR) is 96.8 cm³/mol. The number of nitrogens with one attached hydrogen (secondary N) is 1. The van der Waals surface area contributed by atoms with Crippen LogP contribution in [-0.4, -0.2) is 16.1 Å². The van der Waals surface area contributed by atoms with Crippen molar-refractivity contribution in [1.82, 2.24) is 0 Å². The SMILES string of the molecule is O=[N+]([O-])c1ccc(N/N=C/C[C@H]2C=C[C@H]3[C@@H]2[C@@H]2C=C[C@H]3C2)c([N+](=O)[O-])c1. The Labute approximate surface area is 149 Å². The van der Waals surface area contributed by atoms with Gasteiger partial charge in [0.25, 0.3) is 5.69 Å². The topological polar surface area (TPSA) is 111 Å². The minimum absolute atomic E-state index is 0.138. The normalized spacial score (nSPS) is 30.8. The second-order valence-electron chi connectivity index (χ2n) is 7.03. The van der Waals surface area contributed by atoms with Gasteiger partial charge in [-0.1, -0.05) is 24.3 Å². The van der Waals surface area contributed by atoms with Crippen molar-refractivity contribution in [2.45, 2.75) is 12.8 Å². The molecular weight excluding hydrogens is 336 g/mol. The van der Waals surface area contributed by atoms with E-state index in [0.717, 1.165) is 12.5 Å². The maximum atomic E-state index is 11.1. The Morgan fingerprint density at radius 2 is 1.92 bits per heavy atom. The third-order valence-corrected chi connectivity index (χ3v) is 5.70. The molecule has 1 fully saturated rings. The summed E-state index contributed by atoms with van der Waals surface area (Å²) < 4.78 is 0. The van der Waals surface area contributed by atoms with Crippen LogP contribution in [0.3, 0.4) is 0 Å². The van der Waals surface area contributed by atoms with Gasteiger partial charge in [-0.3, -0.25) is 25.7 Å². The van der Waals surface area contributed by atoms with E-state index < -0.39 is 9.85 Å². The van der Waals surface area contributed by atoms with Crippen LogP contribution >= 0.6 is 0 Å². The van der Waals surface area contributed by atoms with Gasteiger partial charge in [-0.05, 0) is 48.5 Å². The third kappa shape index (κ3) is 2.77. The van der Waals surface area contributed by atoms with E-state index in [-0.39, 0.29) is 17.1 Å². The Hall–Kier alpha value is -3.03. The van der Waals surface area contributed by atoms with E-state index in [1.807, 2.05) is 0 Å². The van der Waals surface area contributed by atoms with Gasteiger partial charge in [0.05, 0.1) is 15.9 Å².